The van der Waals surface area contributed by atoms with Crippen LogP contribution < -0.4 is 10.9 Å². The first kappa shape index (κ1) is 23.3. The quantitative estimate of drug-likeness (QED) is 0.514. The Hall–Kier alpha value is -2.49. The van der Waals surface area contributed by atoms with Gasteiger partial charge in [-0.2, -0.15) is 11.8 Å². The molecule has 0 unspecified atom stereocenters. The molecule has 1 aliphatic carbocycles. The molecule has 6 nitrogen and oxygen atoms in total. The molecule has 1 saturated heterocycles. The average Bonchev–Trinajstić information content (AvgIpc) is 3.34. The van der Waals surface area contributed by atoms with E-state index >= 15 is 0 Å². The van der Waals surface area contributed by atoms with Crippen molar-refractivity contribution in [3.63, 3.8) is 0 Å². The predicted molar refractivity (Wildman–Crippen MR) is 137 cm³/mol. The monoisotopic (exact) mass is 498 g/mol. The van der Waals surface area contributed by atoms with E-state index in [1.807, 2.05) is 11.8 Å². The Morgan fingerprint density at radius 3 is 2.62 bits per heavy atom. The van der Waals surface area contributed by atoms with Crippen molar-refractivity contribution in [1.29, 1.82) is 0 Å². The van der Waals surface area contributed by atoms with Gasteiger partial charge in [0, 0.05) is 42.2 Å². The Bertz CT molecular complexity index is 1340. The van der Waals surface area contributed by atoms with Crippen LogP contribution in [0, 0.1) is 10.6 Å². The fourth-order valence-corrected chi connectivity index (χ4v) is 6.43. The van der Waals surface area contributed by atoms with Crippen LogP contribution in [0.2, 0.25) is 0 Å². The Labute approximate surface area is 206 Å². The summed E-state index contributed by atoms with van der Waals surface area (Å²) in [6.07, 6.45) is 4.61. The van der Waals surface area contributed by atoms with E-state index in [2.05, 4.69) is 15.2 Å². The Kier molecular flexibility index (Phi) is 6.59. The number of nitrogens with zero attached hydrogens (tertiary/aromatic N) is 2. The summed E-state index contributed by atoms with van der Waals surface area (Å²) in [5.41, 5.74) is 0.627. The molecular formula is C25H27FN4O2S2. The van der Waals surface area contributed by atoms with E-state index in [0.29, 0.717) is 23.0 Å². The molecule has 1 saturated carbocycles. The number of nitrogens with one attached hydrogen (secondary N) is 2. The van der Waals surface area contributed by atoms with Crippen LogP contribution in [0.4, 0.5) is 4.39 Å². The minimum absolute atomic E-state index is 0.0425. The zero-order valence-corrected chi connectivity index (χ0v) is 20.4. The maximum atomic E-state index is 14.3. The summed E-state index contributed by atoms with van der Waals surface area (Å²) in [4.78, 5) is 31.7. The molecular weight excluding hydrogens is 471 g/mol. The van der Waals surface area contributed by atoms with Crippen molar-refractivity contribution >= 4 is 40.8 Å². The highest BCUT2D eigenvalue weighted by Gasteiger charge is 2.40. The lowest BCUT2D eigenvalue weighted by Crippen LogP contribution is -2.56. The molecule has 3 aromatic rings. The minimum Gasteiger partial charge on any atom is -0.350 e. The average molecular weight is 499 g/mol. The van der Waals surface area contributed by atoms with Crippen LogP contribution >= 0.6 is 24.0 Å². The minimum atomic E-state index is -0.535. The lowest BCUT2D eigenvalue weighted by Gasteiger charge is -2.43. The number of benzene rings is 2. The van der Waals surface area contributed by atoms with Gasteiger partial charge in [0.25, 0.3) is 11.5 Å². The molecule has 2 aliphatic rings. The summed E-state index contributed by atoms with van der Waals surface area (Å²) in [6.45, 7) is 2.77. The van der Waals surface area contributed by atoms with Gasteiger partial charge in [0.05, 0.1) is 16.6 Å². The Balaban J connectivity index is 1.40. The van der Waals surface area contributed by atoms with Gasteiger partial charge in [0.2, 0.25) is 0 Å². The second-order valence-electron chi connectivity index (χ2n) is 9.00. The number of para-hydroxylation sites is 1. The molecule has 1 aliphatic heterocycles. The Morgan fingerprint density at radius 1 is 1.15 bits per heavy atom. The normalized spacial score (nSPS) is 18.3. The largest absolute Gasteiger partial charge is 0.350 e. The standard InChI is InChI=1S/C25H27FN4O2S2/c26-19-5-1-2-6-21(19)30-23(32)18-8-7-17(15-20(18)28-24(30)33)22(31)27-16-25(9-3-4-10-25)29-11-13-34-14-12-29/h1-2,5-8,15H,3-4,9-14,16H2,(H,27,31)(H,28,33). The van der Waals surface area contributed by atoms with Gasteiger partial charge < -0.3 is 10.3 Å². The first-order chi connectivity index (χ1) is 16.5. The predicted octanol–water partition coefficient (Wildman–Crippen LogP) is 4.28. The summed E-state index contributed by atoms with van der Waals surface area (Å²) in [5, 5.41) is 3.50. The molecule has 2 heterocycles. The molecule has 2 aromatic carbocycles. The van der Waals surface area contributed by atoms with Crippen molar-refractivity contribution in [2.75, 3.05) is 31.1 Å². The SMILES string of the molecule is O=C(NCC1(N2CCSCC2)CCCC1)c1ccc2c(=O)n(-c3ccccc3F)c(=S)[nH]c2c1. The maximum absolute atomic E-state index is 14.3. The van der Waals surface area contributed by atoms with Crippen molar-refractivity contribution in [3.8, 4) is 5.69 Å². The van der Waals surface area contributed by atoms with E-state index in [-0.39, 0.29) is 21.9 Å². The number of carbonyl (C=O) groups excluding carboxylic acids is 1. The third-order valence-electron chi connectivity index (χ3n) is 7.05. The second-order valence-corrected chi connectivity index (χ2v) is 10.6. The first-order valence-corrected chi connectivity index (χ1v) is 13.2. The van der Waals surface area contributed by atoms with Gasteiger partial charge in [-0.25, -0.2) is 8.96 Å². The number of amides is 1. The van der Waals surface area contributed by atoms with Gasteiger partial charge in [-0.15, -0.1) is 0 Å². The summed E-state index contributed by atoms with van der Waals surface area (Å²) in [6, 6.07) is 10.9. The number of thioether (sulfide) groups is 1. The van der Waals surface area contributed by atoms with Gasteiger partial charge >= 0.3 is 0 Å². The smallest absolute Gasteiger partial charge is 0.266 e. The highest BCUT2D eigenvalue weighted by molar-refractivity contribution is 7.99. The highest BCUT2D eigenvalue weighted by atomic mass is 32.2. The number of aromatic nitrogens is 2. The number of carbonyl (C=O) groups is 1. The molecule has 2 N–H and O–H groups in total. The van der Waals surface area contributed by atoms with Crippen molar-refractivity contribution in [1.82, 2.24) is 19.8 Å². The van der Waals surface area contributed by atoms with Gasteiger partial charge in [0.1, 0.15) is 5.82 Å². The van der Waals surface area contributed by atoms with Crippen molar-refractivity contribution in [3.05, 3.63) is 69.0 Å². The molecule has 5 rings (SSSR count). The van der Waals surface area contributed by atoms with Crippen LogP contribution in [0.25, 0.3) is 16.6 Å². The maximum Gasteiger partial charge on any atom is 0.266 e. The topological polar surface area (TPSA) is 70.1 Å². The van der Waals surface area contributed by atoms with E-state index in [1.165, 1.54) is 25.0 Å². The van der Waals surface area contributed by atoms with Gasteiger partial charge in [-0.1, -0.05) is 25.0 Å². The summed E-state index contributed by atoms with van der Waals surface area (Å²) in [5.74, 6) is 1.58. The number of hydrogen-bond acceptors (Lipinski definition) is 5. The second kappa shape index (κ2) is 9.64. The van der Waals surface area contributed by atoms with Gasteiger partial charge in [0.15, 0.2) is 4.77 Å². The van der Waals surface area contributed by atoms with E-state index in [4.69, 9.17) is 12.2 Å². The van der Waals surface area contributed by atoms with Crippen molar-refractivity contribution in [2.24, 2.45) is 0 Å². The van der Waals surface area contributed by atoms with Crippen LogP contribution in [0.5, 0.6) is 0 Å². The molecule has 1 amide bonds. The number of fused-ring (bicyclic) bond motifs is 1. The zero-order valence-electron chi connectivity index (χ0n) is 18.8. The van der Waals surface area contributed by atoms with E-state index in [0.717, 1.165) is 42.0 Å². The van der Waals surface area contributed by atoms with E-state index in [9.17, 15) is 14.0 Å². The number of halogens is 1. The van der Waals surface area contributed by atoms with Crippen LogP contribution in [0.15, 0.2) is 47.3 Å². The van der Waals surface area contributed by atoms with Crippen molar-refractivity contribution in [2.45, 2.75) is 31.2 Å². The van der Waals surface area contributed by atoms with Gasteiger partial charge in [-0.3, -0.25) is 14.5 Å². The van der Waals surface area contributed by atoms with Crippen LogP contribution in [-0.4, -0.2) is 57.0 Å². The van der Waals surface area contributed by atoms with Crippen LogP contribution in [0.1, 0.15) is 36.0 Å². The molecule has 1 aromatic heterocycles. The van der Waals surface area contributed by atoms with Crippen molar-refractivity contribution < 1.29 is 9.18 Å². The fourth-order valence-electron chi connectivity index (χ4n) is 5.23. The number of aromatic amines is 1. The third-order valence-corrected chi connectivity index (χ3v) is 8.27. The lowest BCUT2D eigenvalue weighted by atomic mass is 9.94. The first-order valence-electron chi connectivity index (χ1n) is 11.6. The molecule has 0 bridgehead atoms. The zero-order chi connectivity index (χ0) is 23.7. The molecule has 0 radical (unpaired) electrons. The fraction of sp³-hybridized carbons (Fsp3) is 0.400. The molecule has 9 heteroatoms. The van der Waals surface area contributed by atoms with Crippen LogP contribution in [0.3, 0.4) is 0 Å². The number of hydrogen-bond donors (Lipinski definition) is 2. The van der Waals surface area contributed by atoms with Crippen LogP contribution in [-0.2, 0) is 0 Å². The number of H-pyrrole nitrogens is 1. The van der Waals surface area contributed by atoms with E-state index in [1.54, 1.807) is 30.3 Å². The molecule has 0 spiro atoms. The lowest BCUT2D eigenvalue weighted by molar-refractivity contribution is 0.0817. The molecule has 2 fully saturated rings. The summed E-state index contributed by atoms with van der Waals surface area (Å²) >= 11 is 7.35. The molecule has 34 heavy (non-hydrogen) atoms. The molecule has 0 atom stereocenters. The summed E-state index contributed by atoms with van der Waals surface area (Å²) in [7, 11) is 0. The number of rotatable bonds is 5. The summed E-state index contributed by atoms with van der Waals surface area (Å²) < 4.78 is 15.5. The van der Waals surface area contributed by atoms with Gasteiger partial charge in [-0.05, 0) is 55.4 Å². The van der Waals surface area contributed by atoms with E-state index < -0.39 is 11.4 Å². The molecule has 178 valence electrons. The Morgan fingerprint density at radius 2 is 1.88 bits per heavy atom. The third kappa shape index (κ3) is 4.32. The highest BCUT2D eigenvalue weighted by Crippen LogP contribution is 2.36.